The lowest BCUT2D eigenvalue weighted by molar-refractivity contribution is -0.128. The Hall–Kier alpha value is -0.610. The largest absolute Gasteiger partial charge is 0.356 e. The first-order valence-corrected chi connectivity index (χ1v) is 8.29. The topological polar surface area (TPSA) is 58.4 Å². The molecule has 1 aliphatic heterocycles. The molecule has 2 fully saturated rings. The number of hydrogen-bond donors (Lipinski definition) is 2. The van der Waals surface area contributed by atoms with Crippen LogP contribution in [0.1, 0.15) is 45.4 Å². The minimum atomic E-state index is 0.0289. The van der Waals surface area contributed by atoms with E-state index in [0.29, 0.717) is 5.92 Å². The average molecular weight is 281 g/mol. The summed E-state index contributed by atoms with van der Waals surface area (Å²) in [5.74, 6) is 1.44. The molecule has 3 atom stereocenters. The van der Waals surface area contributed by atoms with Crippen molar-refractivity contribution in [2.24, 2.45) is 23.5 Å². The van der Waals surface area contributed by atoms with Crippen molar-refractivity contribution in [1.29, 1.82) is 0 Å². The van der Waals surface area contributed by atoms with E-state index in [0.717, 1.165) is 31.7 Å². The van der Waals surface area contributed by atoms with Gasteiger partial charge in [-0.05, 0) is 64.1 Å². The number of nitrogens with one attached hydrogen (secondary N) is 1. The van der Waals surface area contributed by atoms with Gasteiger partial charge in [-0.2, -0.15) is 0 Å². The van der Waals surface area contributed by atoms with Crippen molar-refractivity contribution in [3.8, 4) is 0 Å². The Morgan fingerprint density at radius 1 is 1.25 bits per heavy atom. The molecule has 3 unspecified atom stereocenters. The van der Waals surface area contributed by atoms with Crippen molar-refractivity contribution < 1.29 is 4.79 Å². The molecule has 116 valence electrons. The lowest BCUT2D eigenvalue weighted by atomic mass is 9.76. The fourth-order valence-corrected chi connectivity index (χ4v) is 3.78. The zero-order valence-corrected chi connectivity index (χ0v) is 13.1. The molecule has 20 heavy (non-hydrogen) atoms. The number of carbonyl (C=O) groups excluding carboxylic acids is 1. The van der Waals surface area contributed by atoms with Crippen LogP contribution in [-0.4, -0.2) is 43.5 Å². The van der Waals surface area contributed by atoms with Crippen molar-refractivity contribution in [2.45, 2.75) is 51.5 Å². The summed E-state index contributed by atoms with van der Waals surface area (Å²) in [6.45, 7) is 5.38. The maximum Gasteiger partial charge on any atom is 0.224 e. The number of nitrogens with two attached hydrogens (primary N) is 1. The molecule has 0 aromatic carbocycles. The second-order valence-corrected chi connectivity index (χ2v) is 6.92. The predicted molar refractivity (Wildman–Crippen MR) is 82.3 cm³/mol. The first-order valence-electron chi connectivity index (χ1n) is 8.29. The average Bonchev–Trinajstić information content (AvgIpc) is 2.41. The summed E-state index contributed by atoms with van der Waals surface area (Å²) in [5, 5.41) is 3.14. The summed E-state index contributed by atoms with van der Waals surface area (Å²) >= 11 is 0. The van der Waals surface area contributed by atoms with Crippen LogP contribution in [0.15, 0.2) is 0 Å². The predicted octanol–water partition coefficient (Wildman–Crippen LogP) is 1.60. The Bertz CT molecular complexity index is 303. The van der Waals surface area contributed by atoms with Crippen LogP contribution in [0.25, 0.3) is 0 Å². The van der Waals surface area contributed by atoms with E-state index in [-0.39, 0.29) is 17.9 Å². The molecular weight excluding hydrogens is 250 g/mol. The zero-order valence-electron chi connectivity index (χ0n) is 13.1. The maximum atomic E-state index is 12.3. The lowest BCUT2D eigenvalue weighted by Gasteiger charge is -2.33. The second-order valence-electron chi connectivity index (χ2n) is 6.92. The number of likely N-dealkylation sites (tertiary alicyclic amines) is 1. The molecule has 0 spiro atoms. The number of hydrogen-bond acceptors (Lipinski definition) is 3. The van der Waals surface area contributed by atoms with Crippen LogP contribution >= 0.6 is 0 Å². The van der Waals surface area contributed by atoms with Gasteiger partial charge in [-0.25, -0.2) is 0 Å². The summed E-state index contributed by atoms with van der Waals surface area (Å²) in [4.78, 5) is 14.7. The number of nitrogens with zero attached hydrogens (tertiary/aromatic N) is 1. The van der Waals surface area contributed by atoms with Crippen molar-refractivity contribution in [3.05, 3.63) is 0 Å². The summed E-state index contributed by atoms with van der Waals surface area (Å²) in [5.41, 5.74) is 6.13. The van der Waals surface area contributed by atoms with Gasteiger partial charge in [-0.1, -0.05) is 13.3 Å². The molecule has 4 nitrogen and oxygen atoms in total. The quantitative estimate of drug-likeness (QED) is 0.823. The Labute approximate surface area is 123 Å². The third kappa shape index (κ3) is 4.19. The van der Waals surface area contributed by atoms with Crippen molar-refractivity contribution >= 4 is 5.91 Å². The maximum absolute atomic E-state index is 12.3. The van der Waals surface area contributed by atoms with E-state index >= 15 is 0 Å². The van der Waals surface area contributed by atoms with Crippen LogP contribution in [0, 0.1) is 17.8 Å². The summed E-state index contributed by atoms with van der Waals surface area (Å²) in [6.07, 6.45) is 6.97. The van der Waals surface area contributed by atoms with Crippen LogP contribution in [0.4, 0.5) is 0 Å². The Kier molecular flexibility index (Phi) is 5.85. The van der Waals surface area contributed by atoms with Gasteiger partial charge in [0.1, 0.15) is 0 Å². The molecule has 1 saturated heterocycles. The van der Waals surface area contributed by atoms with E-state index < -0.39 is 0 Å². The summed E-state index contributed by atoms with van der Waals surface area (Å²) < 4.78 is 0. The van der Waals surface area contributed by atoms with E-state index in [9.17, 15) is 4.79 Å². The van der Waals surface area contributed by atoms with Crippen molar-refractivity contribution in [1.82, 2.24) is 10.2 Å². The van der Waals surface area contributed by atoms with Gasteiger partial charge in [-0.15, -0.1) is 0 Å². The van der Waals surface area contributed by atoms with Crippen LogP contribution in [0.2, 0.25) is 0 Å². The molecular formula is C16H31N3O. The van der Waals surface area contributed by atoms with Gasteiger partial charge in [0.15, 0.2) is 0 Å². The minimum Gasteiger partial charge on any atom is -0.356 e. The van der Waals surface area contributed by atoms with Gasteiger partial charge in [0.05, 0.1) is 5.92 Å². The highest BCUT2D eigenvalue weighted by atomic mass is 16.1. The fraction of sp³-hybridized carbons (Fsp3) is 0.938. The molecule has 1 saturated carbocycles. The third-order valence-corrected chi connectivity index (χ3v) is 5.26. The molecule has 0 bridgehead atoms. The number of rotatable bonds is 4. The minimum absolute atomic E-state index is 0.0289. The standard InChI is InChI=1S/C16H31N3O/c1-12-4-3-5-14(17)15(12)16(20)18-9-6-13-7-10-19(2)11-8-13/h12-15H,3-11,17H2,1-2H3,(H,18,20). The van der Waals surface area contributed by atoms with E-state index in [2.05, 4.69) is 24.2 Å². The lowest BCUT2D eigenvalue weighted by Crippen LogP contribution is -2.47. The molecule has 1 amide bonds. The van der Waals surface area contributed by atoms with Crippen LogP contribution < -0.4 is 11.1 Å². The first kappa shape index (κ1) is 15.8. The fourth-order valence-electron chi connectivity index (χ4n) is 3.78. The van der Waals surface area contributed by atoms with Gasteiger partial charge in [0.25, 0.3) is 0 Å². The van der Waals surface area contributed by atoms with E-state index in [1.54, 1.807) is 0 Å². The molecule has 1 heterocycles. The molecule has 2 aliphatic rings. The van der Waals surface area contributed by atoms with Crippen molar-refractivity contribution in [3.63, 3.8) is 0 Å². The Balaban J connectivity index is 1.69. The molecule has 0 radical (unpaired) electrons. The normalized spacial score (nSPS) is 33.0. The van der Waals surface area contributed by atoms with Crippen LogP contribution in [0.3, 0.4) is 0 Å². The second kappa shape index (κ2) is 7.41. The van der Waals surface area contributed by atoms with Crippen LogP contribution in [0.5, 0.6) is 0 Å². The molecule has 0 aromatic heterocycles. The van der Waals surface area contributed by atoms with E-state index in [1.165, 1.54) is 32.4 Å². The Morgan fingerprint density at radius 2 is 1.95 bits per heavy atom. The monoisotopic (exact) mass is 281 g/mol. The van der Waals surface area contributed by atoms with Gasteiger partial charge in [-0.3, -0.25) is 4.79 Å². The van der Waals surface area contributed by atoms with Gasteiger partial charge in [0.2, 0.25) is 5.91 Å². The third-order valence-electron chi connectivity index (χ3n) is 5.26. The smallest absolute Gasteiger partial charge is 0.224 e. The van der Waals surface area contributed by atoms with Crippen molar-refractivity contribution in [2.75, 3.05) is 26.7 Å². The Morgan fingerprint density at radius 3 is 2.60 bits per heavy atom. The summed E-state index contributed by atoms with van der Waals surface area (Å²) in [6, 6.07) is 0.0575. The highest BCUT2D eigenvalue weighted by molar-refractivity contribution is 5.79. The van der Waals surface area contributed by atoms with Gasteiger partial charge >= 0.3 is 0 Å². The van der Waals surface area contributed by atoms with E-state index in [1.807, 2.05) is 0 Å². The van der Waals surface area contributed by atoms with Gasteiger partial charge in [0, 0.05) is 12.6 Å². The molecule has 3 N–H and O–H groups in total. The number of piperidine rings is 1. The molecule has 2 rings (SSSR count). The SMILES string of the molecule is CC1CCCC(N)C1C(=O)NCCC1CCN(C)CC1. The van der Waals surface area contributed by atoms with E-state index in [4.69, 9.17) is 5.73 Å². The van der Waals surface area contributed by atoms with Gasteiger partial charge < -0.3 is 16.0 Å². The van der Waals surface area contributed by atoms with Crippen LogP contribution in [-0.2, 0) is 4.79 Å². The molecule has 0 aromatic rings. The number of amides is 1. The molecule has 1 aliphatic carbocycles. The highest BCUT2D eigenvalue weighted by Gasteiger charge is 2.33. The zero-order chi connectivity index (χ0) is 14.5. The highest BCUT2D eigenvalue weighted by Crippen LogP contribution is 2.29. The summed E-state index contributed by atoms with van der Waals surface area (Å²) in [7, 11) is 2.18. The first-order chi connectivity index (χ1) is 9.58. The number of carbonyl (C=O) groups is 1. The molecule has 4 heteroatoms.